The minimum Gasteiger partial charge on any atom is -0.436 e. The van der Waals surface area contributed by atoms with Gasteiger partial charge in [0.15, 0.2) is 16.7 Å². The number of hydrazine groups is 1. The molecule has 0 saturated heterocycles. The van der Waals surface area contributed by atoms with Gasteiger partial charge < -0.3 is 10.2 Å². The molecule has 1 aromatic heterocycles. The third-order valence-electron chi connectivity index (χ3n) is 2.12. The molecule has 0 bridgehead atoms. The van der Waals surface area contributed by atoms with Gasteiger partial charge in [-0.15, -0.1) is 0 Å². The van der Waals surface area contributed by atoms with Crippen LogP contribution in [0, 0.1) is 11.6 Å². The molecule has 8 heteroatoms. The van der Waals surface area contributed by atoms with E-state index in [0.29, 0.717) is 11.0 Å². The van der Waals surface area contributed by atoms with Crippen LogP contribution < -0.4 is 16.0 Å². The number of ether oxygens (including phenoxy) is 1. The summed E-state index contributed by atoms with van der Waals surface area (Å²) in [7, 11) is 0. The second-order valence-corrected chi connectivity index (χ2v) is 4.17. The summed E-state index contributed by atoms with van der Waals surface area (Å²) in [6.45, 7) is 0. The largest absolute Gasteiger partial charge is 0.436 e. The number of benzene rings is 1. The number of hydrogen-bond acceptors (Lipinski definition) is 6. The lowest BCUT2D eigenvalue weighted by atomic mass is 10.3. The number of aromatic nitrogens is 2. The van der Waals surface area contributed by atoms with Crippen LogP contribution in [0.15, 0.2) is 29.4 Å². The highest BCUT2D eigenvalue weighted by atomic mass is 32.2. The lowest BCUT2D eigenvalue weighted by Crippen LogP contribution is -2.09. The van der Waals surface area contributed by atoms with E-state index in [2.05, 4.69) is 15.4 Å². The van der Waals surface area contributed by atoms with Gasteiger partial charge >= 0.3 is 0 Å². The predicted molar refractivity (Wildman–Crippen MR) is 68.1 cm³/mol. The van der Waals surface area contributed by atoms with E-state index in [-0.39, 0.29) is 11.6 Å². The zero-order valence-corrected chi connectivity index (χ0v) is 10.7. The fourth-order valence-electron chi connectivity index (χ4n) is 1.29. The minimum absolute atomic E-state index is 0.109. The zero-order valence-electron chi connectivity index (χ0n) is 9.85. The predicted octanol–water partition coefficient (Wildman–Crippen LogP) is 2.55. The van der Waals surface area contributed by atoms with E-state index in [1.165, 1.54) is 23.9 Å². The molecule has 0 radical (unpaired) electrons. The lowest BCUT2D eigenvalue weighted by molar-refractivity contribution is 0.419. The summed E-state index contributed by atoms with van der Waals surface area (Å²) >= 11 is 1.28. The van der Waals surface area contributed by atoms with Crippen molar-refractivity contribution in [2.45, 2.75) is 5.16 Å². The number of hydrogen-bond donors (Lipinski definition) is 2. The van der Waals surface area contributed by atoms with Gasteiger partial charge in [0.05, 0.1) is 0 Å². The summed E-state index contributed by atoms with van der Waals surface area (Å²) in [5.41, 5.74) is 2.35. The maximum absolute atomic E-state index is 13.4. The Labute approximate surface area is 112 Å². The molecule has 1 heterocycles. The molecule has 0 aliphatic rings. The molecule has 5 nitrogen and oxygen atoms in total. The van der Waals surface area contributed by atoms with Crippen LogP contribution in [-0.2, 0) is 0 Å². The molecule has 0 saturated carbocycles. The molecule has 0 atom stereocenters. The first-order chi connectivity index (χ1) is 9.12. The Balaban J connectivity index is 2.31. The third-order valence-corrected chi connectivity index (χ3v) is 2.67. The number of halogens is 2. The van der Waals surface area contributed by atoms with Gasteiger partial charge in [0.1, 0.15) is 11.6 Å². The second-order valence-electron chi connectivity index (χ2n) is 3.40. The van der Waals surface area contributed by atoms with Gasteiger partial charge in [0, 0.05) is 12.1 Å². The van der Waals surface area contributed by atoms with Crippen molar-refractivity contribution in [3.8, 4) is 11.6 Å². The maximum atomic E-state index is 13.4. The molecule has 2 rings (SSSR count). The summed E-state index contributed by atoms with van der Waals surface area (Å²) < 4.78 is 31.5. The fourth-order valence-corrected chi connectivity index (χ4v) is 1.66. The second kappa shape index (κ2) is 5.81. The number of nitrogens with two attached hydrogens (primary N) is 1. The molecule has 3 N–H and O–H groups in total. The SMILES string of the molecule is CSc1nc(NN)cc(Oc2ccc(F)cc2F)n1. The van der Waals surface area contributed by atoms with E-state index >= 15 is 0 Å². The first kappa shape index (κ1) is 13.5. The molecule has 1 aromatic carbocycles. The quantitative estimate of drug-likeness (QED) is 0.389. The standard InChI is InChI=1S/C11H10F2N4OS/c1-19-11-15-9(17-14)5-10(16-11)18-8-3-2-6(12)4-7(8)13/h2-5H,14H2,1H3,(H,15,16,17). The number of nitrogens with zero attached hydrogens (tertiary/aromatic N) is 2. The van der Waals surface area contributed by atoms with Gasteiger partial charge in [-0.2, -0.15) is 4.98 Å². The van der Waals surface area contributed by atoms with Crippen molar-refractivity contribution in [1.29, 1.82) is 0 Å². The third kappa shape index (κ3) is 3.30. The van der Waals surface area contributed by atoms with Crippen molar-refractivity contribution in [2.24, 2.45) is 5.84 Å². The van der Waals surface area contributed by atoms with Crippen molar-refractivity contribution in [3.05, 3.63) is 35.9 Å². The monoisotopic (exact) mass is 284 g/mol. The summed E-state index contributed by atoms with van der Waals surface area (Å²) in [4.78, 5) is 8.06. The molecule has 19 heavy (non-hydrogen) atoms. The van der Waals surface area contributed by atoms with Gasteiger partial charge in [-0.3, -0.25) is 0 Å². The van der Waals surface area contributed by atoms with Gasteiger partial charge in [0.25, 0.3) is 0 Å². The van der Waals surface area contributed by atoms with E-state index < -0.39 is 11.6 Å². The number of nitrogen functional groups attached to an aromatic ring is 1. The molecule has 0 fully saturated rings. The van der Waals surface area contributed by atoms with Crippen molar-refractivity contribution in [3.63, 3.8) is 0 Å². The van der Waals surface area contributed by atoms with E-state index in [1.54, 1.807) is 6.26 Å². The summed E-state index contributed by atoms with van der Waals surface area (Å²) in [5.74, 6) is 4.07. The number of rotatable bonds is 4. The molecule has 0 amide bonds. The van der Waals surface area contributed by atoms with E-state index in [9.17, 15) is 8.78 Å². The first-order valence-corrected chi connectivity index (χ1v) is 6.37. The van der Waals surface area contributed by atoms with Gasteiger partial charge in [0.2, 0.25) is 5.88 Å². The average molecular weight is 284 g/mol. The van der Waals surface area contributed by atoms with E-state index in [4.69, 9.17) is 10.6 Å². The zero-order chi connectivity index (χ0) is 13.8. The Kier molecular flexibility index (Phi) is 4.13. The Morgan fingerprint density at radius 1 is 1.26 bits per heavy atom. The van der Waals surface area contributed by atoms with Gasteiger partial charge in [-0.25, -0.2) is 19.6 Å². The van der Waals surface area contributed by atoms with Gasteiger partial charge in [-0.05, 0) is 18.4 Å². The fraction of sp³-hybridized carbons (Fsp3) is 0.0909. The number of nitrogens with one attached hydrogen (secondary N) is 1. The van der Waals surface area contributed by atoms with Crippen molar-refractivity contribution in [2.75, 3.05) is 11.7 Å². The minimum atomic E-state index is -0.813. The Hall–Kier alpha value is -1.93. The smallest absolute Gasteiger partial charge is 0.225 e. The van der Waals surface area contributed by atoms with E-state index in [0.717, 1.165) is 12.1 Å². The van der Waals surface area contributed by atoms with Crippen molar-refractivity contribution < 1.29 is 13.5 Å². The number of anilines is 1. The first-order valence-electron chi connectivity index (χ1n) is 5.15. The van der Waals surface area contributed by atoms with Crippen LogP contribution in [0.4, 0.5) is 14.6 Å². The van der Waals surface area contributed by atoms with Crippen LogP contribution in [0.5, 0.6) is 11.6 Å². The molecular formula is C11H10F2N4OS. The van der Waals surface area contributed by atoms with E-state index in [1.807, 2.05) is 0 Å². The number of thioether (sulfide) groups is 1. The molecule has 0 unspecified atom stereocenters. The molecule has 0 aliphatic heterocycles. The van der Waals surface area contributed by atoms with Crippen LogP contribution in [0.3, 0.4) is 0 Å². The Bertz CT molecular complexity index is 575. The van der Waals surface area contributed by atoms with Crippen LogP contribution >= 0.6 is 11.8 Å². The highest BCUT2D eigenvalue weighted by Gasteiger charge is 2.09. The molecule has 0 spiro atoms. The molecular weight excluding hydrogens is 274 g/mol. The average Bonchev–Trinajstić information content (AvgIpc) is 2.41. The Morgan fingerprint density at radius 2 is 2.05 bits per heavy atom. The summed E-state index contributed by atoms with van der Waals surface area (Å²) in [6, 6.07) is 4.41. The van der Waals surface area contributed by atoms with Crippen LogP contribution in [0.1, 0.15) is 0 Å². The van der Waals surface area contributed by atoms with Crippen molar-refractivity contribution >= 4 is 17.6 Å². The van der Waals surface area contributed by atoms with Crippen LogP contribution in [-0.4, -0.2) is 16.2 Å². The van der Waals surface area contributed by atoms with Crippen molar-refractivity contribution in [1.82, 2.24) is 9.97 Å². The molecule has 2 aromatic rings. The summed E-state index contributed by atoms with van der Waals surface area (Å²) in [6.07, 6.45) is 1.78. The lowest BCUT2D eigenvalue weighted by Gasteiger charge is -2.08. The highest BCUT2D eigenvalue weighted by Crippen LogP contribution is 2.26. The molecule has 100 valence electrons. The Morgan fingerprint density at radius 3 is 2.68 bits per heavy atom. The highest BCUT2D eigenvalue weighted by molar-refractivity contribution is 7.98. The maximum Gasteiger partial charge on any atom is 0.225 e. The topological polar surface area (TPSA) is 73.1 Å². The van der Waals surface area contributed by atoms with Gasteiger partial charge in [-0.1, -0.05) is 11.8 Å². The van der Waals surface area contributed by atoms with Crippen LogP contribution in [0.2, 0.25) is 0 Å². The van der Waals surface area contributed by atoms with Crippen LogP contribution in [0.25, 0.3) is 0 Å². The molecule has 0 aliphatic carbocycles. The summed E-state index contributed by atoms with van der Waals surface area (Å²) in [5, 5.41) is 0.410. The normalized spacial score (nSPS) is 10.3.